The molecule has 0 aliphatic heterocycles. The zero-order chi connectivity index (χ0) is 9.52. The molecule has 1 heteroatoms. The normalized spacial score (nSPS) is 11.2. The molecular formula is C12H10O. The van der Waals surface area contributed by atoms with Gasteiger partial charge in [0.25, 0.3) is 0 Å². The molecular weight excluding hydrogens is 160 g/mol. The van der Waals surface area contributed by atoms with Crippen LogP contribution in [0.5, 0.6) is 0 Å². The maximum absolute atomic E-state index is 5.30. The summed E-state index contributed by atoms with van der Waals surface area (Å²) >= 11 is 0. The fraction of sp³-hybridized carbons (Fsp3) is 0.167. The first-order valence-electron chi connectivity index (χ1n) is 3.94. The minimum atomic E-state index is -0.336. The Balaban J connectivity index is 2.70. The molecule has 1 nitrogen and oxygen atoms in total. The van der Waals surface area contributed by atoms with Crippen LogP contribution in [0.4, 0.5) is 0 Å². The van der Waals surface area contributed by atoms with Gasteiger partial charge >= 0.3 is 0 Å². The molecule has 1 unspecified atom stereocenters. The van der Waals surface area contributed by atoms with E-state index in [1.165, 1.54) is 0 Å². The highest BCUT2D eigenvalue weighted by molar-refractivity contribution is 5.23. The van der Waals surface area contributed by atoms with Crippen molar-refractivity contribution in [1.29, 1.82) is 0 Å². The third kappa shape index (κ3) is 2.67. The molecule has 0 saturated heterocycles. The number of hydrogen-bond acceptors (Lipinski definition) is 1. The quantitative estimate of drug-likeness (QED) is 0.630. The summed E-state index contributed by atoms with van der Waals surface area (Å²) in [4.78, 5) is 0. The average Bonchev–Trinajstić information content (AvgIpc) is 2.21. The van der Waals surface area contributed by atoms with Crippen LogP contribution in [-0.4, -0.2) is 6.61 Å². The van der Waals surface area contributed by atoms with Gasteiger partial charge in [-0.1, -0.05) is 42.2 Å². The summed E-state index contributed by atoms with van der Waals surface area (Å²) in [6.07, 6.45) is 10.0. The average molecular weight is 170 g/mol. The van der Waals surface area contributed by atoms with Crippen molar-refractivity contribution in [1.82, 2.24) is 0 Å². The standard InChI is InChI=1S/C12H10O/c1-3-10-13-12(4-2)11-8-6-5-7-9-11/h1-2,5-9,12H,10H2. The van der Waals surface area contributed by atoms with Crippen LogP contribution in [0.2, 0.25) is 0 Å². The Kier molecular flexibility index (Phi) is 3.64. The van der Waals surface area contributed by atoms with E-state index in [1.807, 2.05) is 30.3 Å². The van der Waals surface area contributed by atoms with Crippen LogP contribution in [0.3, 0.4) is 0 Å². The Hall–Kier alpha value is -1.70. The number of ether oxygens (including phenoxy) is 1. The van der Waals surface area contributed by atoms with Gasteiger partial charge in [-0.2, -0.15) is 0 Å². The number of rotatable bonds is 3. The van der Waals surface area contributed by atoms with Crippen molar-refractivity contribution in [2.24, 2.45) is 0 Å². The summed E-state index contributed by atoms with van der Waals surface area (Å²) in [6.45, 7) is 0.240. The van der Waals surface area contributed by atoms with Crippen LogP contribution in [0.15, 0.2) is 30.3 Å². The summed E-state index contributed by atoms with van der Waals surface area (Å²) in [7, 11) is 0. The Morgan fingerprint density at radius 3 is 2.46 bits per heavy atom. The predicted molar refractivity (Wildman–Crippen MR) is 52.8 cm³/mol. The summed E-state index contributed by atoms with van der Waals surface area (Å²) in [6, 6.07) is 9.60. The summed E-state index contributed by atoms with van der Waals surface area (Å²) < 4.78 is 5.25. The summed E-state index contributed by atoms with van der Waals surface area (Å²) in [5.74, 6) is 4.92. The van der Waals surface area contributed by atoms with Gasteiger partial charge in [-0.25, -0.2) is 0 Å². The molecule has 0 N–H and O–H groups in total. The lowest BCUT2D eigenvalue weighted by molar-refractivity contribution is 0.121. The lowest BCUT2D eigenvalue weighted by Crippen LogP contribution is -2.01. The highest BCUT2D eigenvalue weighted by atomic mass is 16.5. The van der Waals surface area contributed by atoms with Gasteiger partial charge in [-0.15, -0.1) is 12.8 Å². The van der Waals surface area contributed by atoms with E-state index in [0.29, 0.717) is 0 Å². The molecule has 1 rings (SSSR count). The molecule has 0 spiro atoms. The molecule has 13 heavy (non-hydrogen) atoms. The van der Waals surface area contributed by atoms with Gasteiger partial charge < -0.3 is 4.74 Å². The van der Waals surface area contributed by atoms with Crippen LogP contribution in [0.1, 0.15) is 11.7 Å². The van der Waals surface area contributed by atoms with Crippen molar-refractivity contribution in [3.8, 4) is 24.7 Å². The summed E-state index contributed by atoms with van der Waals surface area (Å²) in [5, 5.41) is 0. The monoisotopic (exact) mass is 170 g/mol. The fourth-order valence-electron chi connectivity index (χ4n) is 1.000. The van der Waals surface area contributed by atoms with Gasteiger partial charge in [-0.05, 0) is 5.56 Å². The van der Waals surface area contributed by atoms with E-state index in [-0.39, 0.29) is 12.7 Å². The zero-order valence-corrected chi connectivity index (χ0v) is 7.23. The lowest BCUT2D eigenvalue weighted by Gasteiger charge is -2.09. The zero-order valence-electron chi connectivity index (χ0n) is 7.23. The fourth-order valence-corrected chi connectivity index (χ4v) is 1.000. The molecule has 0 fully saturated rings. The van der Waals surface area contributed by atoms with Crippen molar-refractivity contribution in [3.63, 3.8) is 0 Å². The molecule has 64 valence electrons. The Morgan fingerprint density at radius 2 is 1.92 bits per heavy atom. The lowest BCUT2D eigenvalue weighted by atomic mass is 10.1. The highest BCUT2D eigenvalue weighted by Crippen LogP contribution is 2.14. The number of benzene rings is 1. The van der Waals surface area contributed by atoms with E-state index in [4.69, 9.17) is 17.6 Å². The largest absolute Gasteiger partial charge is 0.348 e. The van der Waals surface area contributed by atoms with Gasteiger partial charge in [0.1, 0.15) is 12.7 Å². The Labute approximate surface area is 78.7 Å². The predicted octanol–water partition coefficient (Wildman–Crippen LogP) is 2.01. The van der Waals surface area contributed by atoms with Gasteiger partial charge in [-0.3, -0.25) is 0 Å². The Bertz CT molecular complexity index is 326. The van der Waals surface area contributed by atoms with E-state index < -0.39 is 0 Å². The topological polar surface area (TPSA) is 9.23 Å². The second-order valence-electron chi connectivity index (χ2n) is 2.47. The van der Waals surface area contributed by atoms with E-state index in [0.717, 1.165) is 5.56 Å². The maximum atomic E-state index is 5.30. The van der Waals surface area contributed by atoms with Crippen LogP contribution in [0, 0.1) is 24.7 Å². The molecule has 1 aromatic carbocycles. The molecule has 0 heterocycles. The van der Waals surface area contributed by atoms with E-state index in [9.17, 15) is 0 Å². The second kappa shape index (κ2) is 5.04. The van der Waals surface area contributed by atoms with Crippen LogP contribution < -0.4 is 0 Å². The molecule has 0 aromatic heterocycles. The number of terminal acetylenes is 2. The van der Waals surface area contributed by atoms with Gasteiger partial charge in [0, 0.05) is 0 Å². The molecule has 1 atom stereocenters. The van der Waals surface area contributed by atoms with Crippen molar-refractivity contribution < 1.29 is 4.74 Å². The second-order valence-corrected chi connectivity index (χ2v) is 2.47. The molecule has 0 aliphatic rings. The van der Waals surface area contributed by atoms with Crippen molar-refractivity contribution in [2.75, 3.05) is 6.61 Å². The molecule has 0 bridgehead atoms. The highest BCUT2D eigenvalue weighted by Gasteiger charge is 2.05. The third-order valence-electron chi connectivity index (χ3n) is 1.59. The minimum Gasteiger partial charge on any atom is -0.348 e. The first-order valence-corrected chi connectivity index (χ1v) is 3.94. The van der Waals surface area contributed by atoms with E-state index in [2.05, 4.69) is 11.8 Å². The van der Waals surface area contributed by atoms with Gasteiger partial charge in [0.2, 0.25) is 0 Å². The SMILES string of the molecule is C#CCOC(C#C)c1ccccc1. The van der Waals surface area contributed by atoms with Crippen LogP contribution >= 0.6 is 0 Å². The number of hydrogen-bond donors (Lipinski definition) is 0. The molecule has 0 radical (unpaired) electrons. The molecule has 0 saturated carbocycles. The smallest absolute Gasteiger partial charge is 0.144 e. The van der Waals surface area contributed by atoms with Crippen molar-refractivity contribution in [2.45, 2.75) is 6.10 Å². The van der Waals surface area contributed by atoms with E-state index >= 15 is 0 Å². The van der Waals surface area contributed by atoms with E-state index in [1.54, 1.807) is 0 Å². The summed E-state index contributed by atoms with van der Waals surface area (Å²) in [5.41, 5.74) is 0.959. The first-order chi connectivity index (χ1) is 6.38. The molecule has 1 aromatic rings. The van der Waals surface area contributed by atoms with Crippen molar-refractivity contribution >= 4 is 0 Å². The molecule has 0 aliphatic carbocycles. The minimum absolute atomic E-state index is 0.240. The van der Waals surface area contributed by atoms with Gasteiger partial charge in [0.15, 0.2) is 0 Å². The molecule has 0 amide bonds. The van der Waals surface area contributed by atoms with Crippen molar-refractivity contribution in [3.05, 3.63) is 35.9 Å². The van der Waals surface area contributed by atoms with Crippen LogP contribution in [0.25, 0.3) is 0 Å². The third-order valence-corrected chi connectivity index (χ3v) is 1.59. The Morgan fingerprint density at radius 1 is 1.23 bits per heavy atom. The van der Waals surface area contributed by atoms with Gasteiger partial charge in [0.05, 0.1) is 0 Å². The van der Waals surface area contributed by atoms with Crippen LogP contribution in [-0.2, 0) is 4.74 Å². The first kappa shape index (κ1) is 9.39. The maximum Gasteiger partial charge on any atom is 0.144 e.